The molecule has 3 heterocycles. The van der Waals surface area contributed by atoms with Gasteiger partial charge in [0.2, 0.25) is 0 Å². The van der Waals surface area contributed by atoms with E-state index in [9.17, 15) is 4.79 Å². The summed E-state index contributed by atoms with van der Waals surface area (Å²) >= 11 is 1.56. The van der Waals surface area contributed by atoms with Crippen LogP contribution in [0.15, 0.2) is 48.2 Å². The van der Waals surface area contributed by atoms with Gasteiger partial charge in [-0.1, -0.05) is 6.07 Å². The summed E-state index contributed by atoms with van der Waals surface area (Å²) in [5.41, 5.74) is 4.58. The third-order valence-corrected chi connectivity index (χ3v) is 5.31. The topological polar surface area (TPSA) is 55.3 Å². The standard InChI is InChI=1S/C19H19N3O2S/c23-19(15-3-4-17-18(10-15)25-13-21-17)22-8-5-16(6-9-22)24-12-14-2-1-7-20-11-14/h1-4,7,10-11,13,16H,5-6,8-9,12H2. The Morgan fingerprint density at radius 3 is 2.96 bits per heavy atom. The zero-order valence-electron chi connectivity index (χ0n) is 13.8. The van der Waals surface area contributed by atoms with E-state index < -0.39 is 0 Å². The molecular weight excluding hydrogens is 334 g/mol. The van der Waals surface area contributed by atoms with Crippen LogP contribution in [0, 0.1) is 0 Å². The van der Waals surface area contributed by atoms with Crippen molar-refractivity contribution in [1.82, 2.24) is 14.9 Å². The highest BCUT2D eigenvalue weighted by molar-refractivity contribution is 7.16. The molecule has 0 aliphatic carbocycles. The summed E-state index contributed by atoms with van der Waals surface area (Å²) in [6.07, 6.45) is 5.53. The van der Waals surface area contributed by atoms with Gasteiger partial charge in [0.15, 0.2) is 0 Å². The van der Waals surface area contributed by atoms with E-state index in [-0.39, 0.29) is 12.0 Å². The number of hydrogen-bond donors (Lipinski definition) is 0. The van der Waals surface area contributed by atoms with Crippen LogP contribution >= 0.6 is 11.3 Å². The van der Waals surface area contributed by atoms with Crippen LogP contribution in [0.3, 0.4) is 0 Å². The minimum atomic E-state index is 0.0982. The molecule has 128 valence electrons. The maximum atomic E-state index is 12.7. The Morgan fingerprint density at radius 2 is 2.16 bits per heavy atom. The average molecular weight is 353 g/mol. The SMILES string of the molecule is O=C(c1ccc2ncsc2c1)N1CCC(OCc2cccnc2)CC1. The van der Waals surface area contributed by atoms with Crippen molar-refractivity contribution in [3.05, 3.63) is 59.4 Å². The van der Waals surface area contributed by atoms with Crippen molar-refractivity contribution in [1.29, 1.82) is 0 Å². The third kappa shape index (κ3) is 3.70. The summed E-state index contributed by atoms with van der Waals surface area (Å²) in [5, 5.41) is 0. The second kappa shape index (κ2) is 7.29. The highest BCUT2D eigenvalue weighted by atomic mass is 32.1. The number of hydrogen-bond acceptors (Lipinski definition) is 5. The van der Waals surface area contributed by atoms with Crippen molar-refractivity contribution in [2.75, 3.05) is 13.1 Å². The van der Waals surface area contributed by atoms with E-state index in [1.807, 2.05) is 46.9 Å². The molecule has 1 aliphatic rings. The van der Waals surface area contributed by atoms with E-state index in [0.29, 0.717) is 6.61 Å². The first kappa shape index (κ1) is 16.2. The Bertz CT molecular complexity index is 857. The molecule has 1 saturated heterocycles. The minimum Gasteiger partial charge on any atom is -0.373 e. The molecule has 25 heavy (non-hydrogen) atoms. The maximum Gasteiger partial charge on any atom is 0.253 e. The number of nitrogens with zero attached hydrogens (tertiary/aromatic N) is 3. The fourth-order valence-corrected chi connectivity index (χ4v) is 3.81. The van der Waals surface area contributed by atoms with Crippen LogP contribution < -0.4 is 0 Å². The number of ether oxygens (including phenoxy) is 1. The van der Waals surface area contributed by atoms with Gasteiger partial charge in [0.05, 0.1) is 28.4 Å². The lowest BCUT2D eigenvalue weighted by Gasteiger charge is -2.32. The Kier molecular flexibility index (Phi) is 4.72. The van der Waals surface area contributed by atoms with E-state index in [4.69, 9.17) is 4.74 Å². The van der Waals surface area contributed by atoms with E-state index in [1.165, 1.54) is 0 Å². The lowest BCUT2D eigenvalue weighted by atomic mass is 10.1. The van der Waals surface area contributed by atoms with Crippen LogP contribution in [0.25, 0.3) is 10.2 Å². The van der Waals surface area contributed by atoms with Crippen LogP contribution in [-0.4, -0.2) is 40.0 Å². The lowest BCUT2D eigenvalue weighted by Crippen LogP contribution is -2.40. The Balaban J connectivity index is 1.32. The second-order valence-electron chi connectivity index (χ2n) is 6.20. The number of aromatic nitrogens is 2. The molecular formula is C19H19N3O2S. The molecule has 2 aromatic heterocycles. The summed E-state index contributed by atoms with van der Waals surface area (Å²) in [5.74, 6) is 0.0982. The van der Waals surface area contributed by atoms with Gasteiger partial charge >= 0.3 is 0 Å². The minimum absolute atomic E-state index is 0.0982. The number of benzene rings is 1. The molecule has 4 rings (SSSR count). The fraction of sp³-hybridized carbons (Fsp3) is 0.316. The molecule has 6 heteroatoms. The summed E-state index contributed by atoms with van der Waals surface area (Å²) in [6.45, 7) is 2.04. The van der Waals surface area contributed by atoms with Crippen molar-refractivity contribution in [3.63, 3.8) is 0 Å². The van der Waals surface area contributed by atoms with E-state index in [0.717, 1.165) is 47.3 Å². The lowest BCUT2D eigenvalue weighted by molar-refractivity contribution is -0.000464. The van der Waals surface area contributed by atoms with Crippen LogP contribution in [-0.2, 0) is 11.3 Å². The fourth-order valence-electron chi connectivity index (χ4n) is 3.09. The van der Waals surface area contributed by atoms with Crippen LogP contribution in [0.2, 0.25) is 0 Å². The van der Waals surface area contributed by atoms with Gasteiger partial charge in [-0.15, -0.1) is 11.3 Å². The number of fused-ring (bicyclic) bond motifs is 1. The monoisotopic (exact) mass is 353 g/mol. The molecule has 0 N–H and O–H groups in total. The predicted octanol–water partition coefficient (Wildman–Crippen LogP) is 3.51. The van der Waals surface area contributed by atoms with Gasteiger partial charge in [-0.2, -0.15) is 0 Å². The Hall–Kier alpha value is -2.31. The summed E-state index contributed by atoms with van der Waals surface area (Å²) in [6, 6.07) is 9.67. The molecule has 1 fully saturated rings. The van der Waals surface area contributed by atoms with E-state index in [1.54, 1.807) is 17.5 Å². The second-order valence-corrected chi connectivity index (χ2v) is 7.09. The molecule has 0 unspecified atom stereocenters. The van der Waals surface area contributed by atoms with Gasteiger partial charge in [0.1, 0.15) is 0 Å². The number of piperidine rings is 1. The van der Waals surface area contributed by atoms with E-state index >= 15 is 0 Å². The van der Waals surface area contributed by atoms with Gasteiger partial charge in [-0.25, -0.2) is 4.98 Å². The van der Waals surface area contributed by atoms with Crippen molar-refractivity contribution in [3.8, 4) is 0 Å². The molecule has 3 aromatic rings. The van der Waals surface area contributed by atoms with Gasteiger partial charge in [0, 0.05) is 31.0 Å². The number of carbonyl (C=O) groups excluding carboxylic acids is 1. The normalized spacial score (nSPS) is 15.6. The zero-order chi connectivity index (χ0) is 17.1. The summed E-state index contributed by atoms with van der Waals surface area (Å²) in [4.78, 5) is 23.0. The highest BCUT2D eigenvalue weighted by Gasteiger charge is 2.24. The molecule has 0 radical (unpaired) electrons. The first-order valence-electron chi connectivity index (χ1n) is 8.42. The van der Waals surface area contributed by atoms with Gasteiger partial charge < -0.3 is 9.64 Å². The first-order valence-corrected chi connectivity index (χ1v) is 9.30. The highest BCUT2D eigenvalue weighted by Crippen LogP contribution is 2.22. The summed E-state index contributed by atoms with van der Waals surface area (Å²) in [7, 11) is 0. The van der Waals surface area contributed by atoms with Crippen LogP contribution in [0.5, 0.6) is 0 Å². The third-order valence-electron chi connectivity index (χ3n) is 4.52. The number of thiazole rings is 1. The summed E-state index contributed by atoms with van der Waals surface area (Å²) < 4.78 is 7.02. The van der Waals surface area contributed by atoms with Crippen LogP contribution in [0.1, 0.15) is 28.8 Å². The average Bonchev–Trinajstić information content (AvgIpc) is 3.15. The van der Waals surface area contributed by atoms with Gasteiger partial charge in [-0.3, -0.25) is 9.78 Å². The molecule has 1 aromatic carbocycles. The predicted molar refractivity (Wildman–Crippen MR) is 97.6 cm³/mol. The smallest absolute Gasteiger partial charge is 0.253 e. The first-order chi connectivity index (χ1) is 12.3. The van der Waals surface area contributed by atoms with Gasteiger partial charge in [0.25, 0.3) is 5.91 Å². The van der Waals surface area contributed by atoms with Crippen molar-refractivity contribution >= 4 is 27.5 Å². The molecule has 5 nitrogen and oxygen atoms in total. The zero-order valence-corrected chi connectivity index (χ0v) is 14.6. The molecule has 1 amide bonds. The molecule has 0 atom stereocenters. The molecule has 0 spiro atoms. The Morgan fingerprint density at radius 1 is 1.28 bits per heavy atom. The molecule has 0 saturated carbocycles. The van der Waals surface area contributed by atoms with Crippen LogP contribution in [0.4, 0.5) is 0 Å². The van der Waals surface area contributed by atoms with Gasteiger partial charge in [-0.05, 0) is 42.7 Å². The number of pyridine rings is 1. The molecule has 1 aliphatic heterocycles. The maximum absolute atomic E-state index is 12.7. The van der Waals surface area contributed by atoms with E-state index in [2.05, 4.69) is 9.97 Å². The number of rotatable bonds is 4. The number of carbonyl (C=O) groups is 1. The van der Waals surface area contributed by atoms with Crippen molar-refractivity contribution in [2.24, 2.45) is 0 Å². The number of likely N-dealkylation sites (tertiary alicyclic amines) is 1. The molecule has 0 bridgehead atoms. The van der Waals surface area contributed by atoms with Crippen molar-refractivity contribution in [2.45, 2.75) is 25.6 Å². The number of amides is 1. The largest absolute Gasteiger partial charge is 0.373 e. The quantitative estimate of drug-likeness (QED) is 0.720. The van der Waals surface area contributed by atoms with Crippen molar-refractivity contribution < 1.29 is 9.53 Å². The Labute approximate surface area is 150 Å².